The number of pyridine rings is 2. The average Bonchev–Trinajstić information content (AvgIpc) is 3.31. The standard InChI is InChI=1S/C20H16N2O4.C10H10O3/c1-2-20(25)14-8-16-17-12(7-11-5-3-4-6-15(11)21-17)9-22(16)18(23)13(14)10-26-19(20)24;1-13-9-5-3-2-4-8(9)6-7-10(11)12/h3-8,25H,2,9-10H2,1H3;2-7H,1H3,(H,11,12). The summed E-state index contributed by atoms with van der Waals surface area (Å²) in [5, 5.41) is 20.3. The van der Waals surface area contributed by atoms with Crippen LogP contribution in [0.1, 0.15) is 35.6 Å². The van der Waals surface area contributed by atoms with Crippen molar-refractivity contribution in [1.82, 2.24) is 9.55 Å². The summed E-state index contributed by atoms with van der Waals surface area (Å²) in [6.07, 6.45) is 2.72. The Bertz CT molecular complexity index is 1710. The second-order valence-corrected chi connectivity index (χ2v) is 9.21. The third-order valence-corrected chi connectivity index (χ3v) is 6.96. The Labute approximate surface area is 223 Å². The van der Waals surface area contributed by atoms with Crippen molar-refractivity contribution in [1.29, 1.82) is 0 Å². The predicted octanol–water partition coefficient (Wildman–Crippen LogP) is 3.87. The van der Waals surface area contributed by atoms with Gasteiger partial charge in [-0.3, -0.25) is 4.79 Å². The Morgan fingerprint density at radius 3 is 2.64 bits per heavy atom. The molecule has 2 aliphatic rings. The van der Waals surface area contributed by atoms with E-state index in [9.17, 15) is 19.5 Å². The van der Waals surface area contributed by atoms with Crippen molar-refractivity contribution in [2.24, 2.45) is 0 Å². The summed E-state index contributed by atoms with van der Waals surface area (Å²) in [5.41, 5.74) is 2.57. The van der Waals surface area contributed by atoms with Crippen LogP contribution in [0, 0.1) is 0 Å². The van der Waals surface area contributed by atoms with Gasteiger partial charge in [-0.1, -0.05) is 43.3 Å². The Balaban J connectivity index is 0.000000201. The van der Waals surface area contributed by atoms with E-state index in [0.29, 0.717) is 29.1 Å². The van der Waals surface area contributed by atoms with Crippen molar-refractivity contribution >= 4 is 28.9 Å². The van der Waals surface area contributed by atoms with E-state index in [2.05, 4.69) is 0 Å². The fraction of sp³-hybridized carbons (Fsp3) is 0.200. The van der Waals surface area contributed by atoms with E-state index in [1.807, 2.05) is 42.5 Å². The number of nitrogens with zero attached hydrogens (tertiary/aromatic N) is 2. The van der Waals surface area contributed by atoms with Crippen molar-refractivity contribution in [2.45, 2.75) is 32.1 Å². The Hall–Kier alpha value is -4.76. The lowest BCUT2D eigenvalue weighted by Crippen LogP contribution is -2.44. The van der Waals surface area contributed by atoms with Gasteiger partial charge in [0.1, 0.15) is 12.4 Å². The zero-order valence-electron chi connectivity index (χ0n) is 21.4. The van der Waals surface area contributed by atoms with Crippen LogP contribution in [0.25, 0.3) is 28.4 Å². The molecular weight excluding hydrogens is 500 g/mol. The van der Waals surface area contributed by atoms with Gasteiger partial charge in [-0.2, -0.15) is 0 Å². The zero-order valence-corrected chi connectivity index (χ0v) is 21.4. The lowest BCUT2D eigenvalue weighted by molar-refractivity contribution is -0.172. The molecule has 0 aliphatic carbocycles. The summed E-state index contributed by atoms with van der Waals surface area (Å²) in [6, 6.07) is 18.8. The van der Waals surface area contributed by atoms with Gasteiger partial charge < -0.3 is 24.3 Å². The maximum atomic E-state index is 13.0. The van der Waals surface area contributed by atoms with Crippen LogP contribution < -0.4 is 10.3 Å². The van der Waals surface area contributed by atoms with Crippen LogP contribution in [0.5, 0.6) is 5.75 Å². The van der Waals surface area contributed by atoms with Gasteiger partial charge in [0.05, 0.1) is 36.1 Å². The van der Waals surface area contributed by atoms with Gasteiger partial charge in [0.2, 0.25) is 0 Å². The molecule has 0 amide bonds. The van der Waals surface area contributed by atoms with Crippen molar-refractivity contribution in [2.75, 3.05) is 7.11 Å². The number of cyclic esters (lactones) is 1. The molecule has 2 aromatic carbocycles. The summed E-state index contributed by atoms with van der Waals surface area (Å²) in [4.78, 5) is 40.1. The number of carboxylic acid groups (broad SMARTS) is 1. The number of hydrogen-bond donors (Lipinski definition) is 2. The fourth-order valence-electron chi connectivity index (χ4n) is 4.89. The Morgan fingerprint density at radius 2 is 1.90 bits per heavy atom. The van der Waals surface area contributed by atoms with E-state index in [4.69, 9.17) is 19.6 Å². The van der Waals surface area contributed by atoms with Gasteiger partial charge in [-0.15, -0.1) is 0 Å². The van der Waals surface area contributed by atoms with Crippen molar-refractivity contribution < 1.29 is 29.3 Å². The second kappa shape index (κ2) is 10.2. The third-order valence-electron chi connectivity index (χ3n) is 6.96. The molecule has 2 aliphatic heterocycles. The maximum Gasteiger partial charge on any atom is 0.343 e. The molecule has 4 aromatic rings. The minimum atomic E-state index is -1.79. The molecule has 0 radical (unpaired) electrons. The van der Waals surface area contributed by atoms with E-state index in [1.165, 1.54) is 6.08 Å². The van der Waals surface area contributed by atoms with Crippen LogP contribution in [0.15, 0.2) is 71.5 Å². The smallest absolute Gasteiger partial charge is 0.343 e. The maximum absolute atomic E-state index is 13.0. The molecule has 6 rings (SSSR count). The molecule has 0 bridgehead atoms. The summed E-state index contributed by atoms with van der Waals surface area (Å²) in [6.45, 7) is 2.01. The molecule has 2 aromatic heterocycles. The second-order valence-electron chi connectivity index (χ2n) is 9.21. The van der Waals surface area contributed by atoms with E-state index in [0.717, 1.165) is 33.8 Å². The first-order chi connectivity index (χ1) is 18.8. The van der Waals surface area contributed by atoms with Gasteiger partial charge >= 0.3 is 11.9 Å². The lowest BCUT2D eigenvalue weighted by atomic mass is 9.86. The molecule has 39 heavy (non-hydrogen) atoms. The summed E-state index contributed by atoms with van der Waals surface area (Å²) in [5.74, 6) is -1.01. The van der Waals surface area contributed by atoms with Crippen LogP contribution in [-0.2, 0) is 33.1 Å². The quantitative estimate of drug-likeness (QED) is 0.267. The number of carbonyl (C=O) groups is 2. The van der Waals surface area contributed by atoms with E-state index >= 15 is 0 Å². The topological polar surface area (TPSA) is 128 Å². The largest absolute Gasteiger partial charge is 0.496 e. The molecule has 0 fully saturated rings. The van der Waals surface area contributed by atoms with Crippen molar-refractivity contribution in [3.63, 3.8) is 0 Å². The molecule has 198 valence electrons. The van der Waals surface area contributed by atoms with Crippen LogP contribution in [-0.4, -0.2) is 38.8 Å². The minimum absolute atomic E-state index is 0.110. The highest BCUT2D eigenvalue weighted by atomic mass is 16.6. The van der Waals surface area contributed by atoms with Crippen LogP contribution in [0.3, 0.4) is 0 Å². The number of aromatic nitrogens is 2. The number of esters is 1. The highest BCUT2D eigenvalue weighted by Gasteiger charge is 2.45. The van der Waals surface area contributed by atoms with E-state index in [-0.39, 0.29) is 18.6 Å². The van der Waals surface area contributed by atoms with Crippen molar-refractivity contribution in [3.8, 4) is 17.1 Å². The fourth-order valence-corrected chi connectivity index (χ4v) is 4.89. The first-order valence-electron chi connectivity index (χ1n) is 12.4. The lowest BCUT2D eigenvalue weighted by Gasteiger charge is -2.31. The number of fused-ring (bicyclic) bond motifs is 5. The van der Waals surface area contributed by atoms with E-state index < -0.39 is 17.5 Å². The summed E-state index contributed by atoms with van der Waals surface area (Å²) in [7, 11) is 1.55. The minimum Gasteiger partial charge on any atom is -0.496 e. The van der Waals surface area contributed by atoms with Gasteiger partial charge in [-0.25, -0.2) is 14.6 Å². The van der Waals surface area contributed by atoms with Crippen molar-refractivity contribution in [3.05, 3.63) is 99.3 Å². The summed E-state index contributed by atoms with van der Waals surface area (Å²) < 4.78 is 11.8. The predicted molar refractivity (Wildman–Crippen MR) is 144 cm³/mol. The Morgan fingerprint density at radius 1 is 1.15 bits per heavy atom. The highest BCUT2D eigenvalue weighted by molar-refractivity contribution is 5.87. The number of carbonyl (C=O) groups excluding carboxylic acids is 1. The number of para-hydroxylation sites is 2. The third kappa shape index (κ3) is 4.57. The average molecular weight is 527 g/mol. The Kier molecular flexibility index (Phi) is 6.76. The molecule has 9 nitrogen and oxygen atoms in total. The highest BCUT2D eigenvalue weighted by Crippen LogP contribution is 2.38. The van der Waals surface area contributed by atoms with Gasteiger partial charge in [0.15, 0.2) is 5.60 Å². The molecule has 9 heteroatoms. The molecule has 0 spiro atoms. The number of hydrogen-bond acceptors (Lipinski definition) is 7. The van der Waals surface area contributed by atoms with Gasteiger partial charge in [0.25, 0.3) is 5.56 Å². The molecule has 1 atom stereocenters. The number of aliphatic carboxylic acids is 1. The molecular formula is C30H26N2O7. The molecule has 4 heterocycles. The van der Waals surface area contributed by atoms with Crippen LogP contribution in [0.4, 0.5) is 0 Å². The van der Waals surface area contributed by atoms with E-state index in [1.54, 1.807) is 36.8 Å². The molecule has 0 saturated heterocycles. The van der Waals surface area contributed by atoms with Gasteiger partial charge in [0, 0.05) is 28.2 Å². The number of aliphatic hydroxyl groups is 1. The normalized spacial score (nSPS) is 17.1. The molecule has 1 unspecified atom stereocenters. The first kappa shape index (κ1) is 25.9. The number of ether oxygens (including phenoxy) is 2. The number of carboxylic acids is 1. The number of methoxy groups -OCH3 is 1. The SMILES string of the molecule is CCC1(O)C(=O)OCc2c1cc1n(c2=O)Cc2cc3ccccc3nc2-1.COc1ccccc1C=CC(=O)O. The first-order valence-corrected chi connectivity index (χ1v) is 12.4. The monoisotopic (exact) mass is 526 g/mol. The van der Waals surface area contributed by atoms with Gasteiger partial charge in [-0.05, 0) is 36.8 Å². The molecule has 2 N–H and O–H groups in total. The number of rotatable bonds is 4. The summed E-state index contributed by atoms with van der Waals surface area (Å²) >= 11 is 0. The number of benzene rings is 2. The zero-order chi connectivity index (χ0) is 27.7. The molecule has 0 saturated carbocycles. The van der Waals surface area contributed by atoms with Crippen LogP contribution >= 0.6 is 0 Å². The van der Waals surface area contributed by atoms with Crippen LogP contribution in [0.2, 0.25) is 0 Å².